The molecular formula is C20H19FN2O2. The summed E-state index contributed by atoms with van der Waals surface area (Å²) in [5, 5.41) is 4.53. The van der Waals surface area contributed by atoms with Gasteiger partial charge in [0.15, 0.2) is 0 Å². The summed E-state index contributed by atoms with van der Waals surface area (Å²) >= 11 is 0. The van der Waals surface area contributed by atoms with E-state index in [0.717, 1.165) is 28.9 Å². The number of esters is 1. The van der Waals surface area contributed by atoms with Gasteiger partial charge in [0.25, 0.3) is 0 Å². The molecule has 0 fully saturated rings. The van der Waals surface area contributed by atoms with Crippen LogP contribution in [0.5, 0.6) is 5.88 Å². The van der Waals surface area contributed by atoms with Crippen molar-refractivity contribution in [1.82, 2.24) is 9.78 Å². The smallest absolute Gasteiger partial charge is 0.344 e. The van der Waals surface area contributed by atoms with Gasteiger partial charge >= 0.3 is 5.97 Å². The molecule has 0 atom stereocenters. The summed E-state index contributed by atoms with van der Waals surface area (Å²) in [4.78, 5) is 12.4. The van der Waals surface area contributed by atoms with Crippen molar-refractivity contribution < 1.29 is 13.9 Å². The largest absolute Gasteiger partial charge is 0.404 e. The average Bonchev–Trinajstić information content (AvgIpc) is 2.98. The molecular weight excluding hydrogens is 319 g/mol. The van der Waals surface area contributed by atoms with Gasteiger partial charge in [-0.25, -0.2) is 13.9 Å². The van der Waals surface area contributed by atoms with E-state index in [0.29, 0.717) is 5.88 Å². The Morgan fingerprint density at radius 3 is 2.48 bits per heavy atom. The number of carbonyl (C=O) groups excluding carboxylic acids is 1. The molecule has 0 radical (unpaired) electrons. The lowest BCUT2D eigenvalue weighted by Gasteiger charge is -2.11. The molecule has 3 aromatic rings. The molecule has 2 aromatic carbocycles. The third-order valence-electron chi connectivity index (χ3n) is 3.95. The first-order valence-corrected chi connectivity index (χ1v) is 8.12. The number of halogens is 1. The normalized spacial score (nSPS) is 10.7. The first-order valence-electron chi connectivity index (χ1n) is 8.12. The summed E-state index contributed by atoms with van der Waals surface area (Å²) in [5.41, 5.74) is 4.14. The third kappa shape index (κ3) is 3.60. The fourth-order valence-corrected chi connectivity index (χ4v) is 2.61. The maximum atomic E-state index is 13.0. The van der Waals surface area contributed by atoms with Crippen LogP contribution >= 0.6 is 0 Å². The van der Waals surface area contributed by atoms with Crippen molar-refractivity contribution in [2.24, 2.45) is 0 Å². The monoisotopic (exact) mass is 338 g/mol. The van der Waals surface area contributed by atoms with Gasteiger partial charge in [0.05, 0.1) is 16.9 Å². The number of aryl methyl sites for hydroxylation is 3. The van der Waals surface area contributed by atoms with Crippen molar-refractivity contribution in [1.29, 1.82) is 0 Å². The van der Waals surface area contributed by atoms with E-state index in [2.05, 4.69) is 5.10 Å². The van der Waals surface area contributed by atoms with Crippen molar-refractivity contribution in [3.63, 3.8) is 0 Å². The second-order valence-electron chi connectivity index (χ2n) is 5.93. The molecule has 1 heterocycles. The van der Waals surface area contributed by atoms with Crippen molar-refractivity contribution in [3.8, 4) is 11.6 Å². The Hall–Kier alpha value is -2.95. The summed E-state index contributed by atoms with van der Waals surface area (Å²) in [6.45, 7) is 5.99. The topological polar surface area (TPSA) is 44.1 Å². The second kappa shape index (κ2) is 6.89. The lowest BCUT2D eigenvalue weighted by molar-refractivity contribution is 0.0723. The third-order valence-corrected chi connectivity index (χ3v) is 3.95. The molecule has 0 aliphatic carbocycles. The Morgan fingerprint density at radius 1 is 1.12 bits per heavy atom. The maximum absolute atomic E-state index is 13.0. The number of hydrogen-bond acceptors (Lipinski definition) is 3. The van der Waals surface area contributed by atoms with Gasteiger partial charge < -0.3 is 4.74 Å². The van der Waals surface area contributed by atoms with Crippen LogP contribution in [0.4, 0.5) is 4.39 Å². The van der Waals surface area contributed by atoms with E-state index in [-0.39, 0.29) is 5.56 Å². The molecule has 0 N–H and O–H groups in total. The highest BCUT2D eigenvalue weighted by molar-refractivity contribution is 5.90. The fourth-order valence-electron chi connectivity index (χ4n) is 2.61. The summed E-state index contributed by atoms with van der Waals surface area (Å²) in [6, 6.07) is 13.0. The first kappa shape index (κ1) is 16.9. The van der Waals surface area contributed by atoms with Crippen molar-refractivity contribution in [2.45, 2.75) is 27.2 Å². The zero-order chi connectivity index (χ0) is 18.0. The highest BCUT2D eigenvalue weighted by Gasteiger charge is 2.16. The average molecular weight is 338 g/mol. The van der Waals surface area contributed by atoms with Crippen LogP contribution in [0.2, 0.25) is 0 Å². The molecule has 25 heavy (non-hydrogen) atoms. The Bertz CT molecular complexity index is 914. The molecule has 0 aliphatic heterocycles. The fraction of sp³-hybridized carbons (Fsp3) is 0.200. The summed E-state index contributed by atoms with van der Waals surface area (Å²) < 4.78 is 20.2. The zero-order valence-electron chi connectivity index (χ0n) is 14.4. The predicted octanol–water partition coefficient (Wildman–Crippen LogP) is 4.41. The lowest BCUT2D eigenvalue weighted by Crippen LogP contribution is -2.12. The van der Waals surface area contributed by atoms with Crippen LogP contribution in [0.3, 0.4) is 0 Å². The van der Waals surface area contributed by atoms with Crippen LogP contribution in [-0.2, 0) is 6.42 Å². The molecule has 0 amide bonds. The van der Waals surface area contributed by atoms with Gasteiger partial charge in [-0.15, -0.1) is 0 Å². The minimum atomic E-state index is -0.548. The second-order valence-corrected chi connectivity index (χ2v) is 5.93. The highest BCUT2D eigenvalue weighted by atomic mass is 19.1. The molecule has 1 aromatic heterocycles. The van der Waals surface area contributed by atoms with Gasteiger partial charge in [-0.2, -0.15) is 5.10 Å². The first-order chi connectivity index (χ1) is 12.0. The summed E-state index contributed by atoms with van der Waals surface area (Å²) in [6.07, 6.45) is 0.721. The quantitative estimate of drug-likeness (QED) is 0.662. The molecule has 0 spiro atoms. The van der Waals surface area contributed by atoms with Crippen LogP contribution in [0.15, 0.2) is 48.5 Å². The van der Waals surface area contributed by atoms with Gasteiger partial charge in [0.1, 0.15) is 5.82 Å². The van der Waals surface area contributed by atoms with Crippen molar-refractivity contribution in [2.75, 3.05) is 0 Å². The molecule has 0 aliphatic rings. The van der Waals surface area contributed by atoms with Crippen LogP contribution in [0.1, 0.15) is 34.1 Å². The van der Waals surface area contributed by atoms with Crippen LogP contribution in [0, 0.1) is 19.7 Å². The van der Waals surface area contributed by atoms with E-state index in [4.69, 9.17) is 4.74 Å². The molecule has 128 valence electrons. The van der Waals surface area contributed by atoms with E-state index in [1.165, 1.54) is 24.3 Å². The molecule has 0 bridgehead atoms. The minimum Gasteiger partial charge on any atom is -0.404 e. The number of carbonyl (C=O) groups is 1. The molecule has 3 rings (SSSR count). The number of rotatable bonds is 4. The van der Waals surface area contributed by atoms with Crippen LogP contribution in [-0.4, -0.2) is 15.7 Å². The van der Waals surface area contributed by atoms with E-state index >= 15 is 0 Å². The Labute approximate surface area is 145 Å². The highest BCUT2D eigenvalue weighted by Crippen LogP contribution is 2.24. The SMILES string of the molecule is CCc1cc(OC(=O)c2ccc(F)cc2)n(-c2ccc(C)cc2C)n1. The maximum Gasteiger partial charge on any atom is 0.344 e. The Morgan fingerprint density at radius 2 is 1.84 bits per heavy atom. The van der Waals surface area contributed by atoms with Gasteiger partial charge in [-0.1, -0.05) is 24.6 Å². The number of hydrogen-bond donors (Lipinski definition) is 0. The molecule has 0 saturated carbocycles. The lowest BCUT2D eigenvalue weighted by atomic mass is 10.1. The standard InChI is InChI=1S/C20H19FN2O2/c1-4-17-12-19(25-20(24)15-6-8-16(21)9-7-15)23(22-17)18-10-5-13(2)11-14(18)3/h5-12H,4H2,1-3H3. The summed E-state index contributed by atoms with van der Waals surface area (Å²) in [5.74, 6) is -0.600. The Kier molecular flexibility index (Phi) is 4.65. The van der Waals surface area contributed by atoms with Gasteiger partial charge in [0, 0.05) is 6.07 Å². The Balaban J connectivity index is 1.97. The van der Waals surface area contributed by atoms with Crippen molar-refractivity contribution >= 4 is 5.97 Å². The minimum absolute atomic E-state index is 0.285. The molecule has 5 heteroatoms. The van der Waals surface area contributed by atoms with Crippen LogP contribution < -0.4 is 4.74 Å². The number of aromatic nitrogens is 2. The molecule has 0 saturated heterocycles. The van der Waals surface area contributed by atoms with Crippen molar-refractivity contribution in [3.05, 3.63) is 76.7 Å². The van der Waals surface area contributed by atoms with E-state index in [1.807, 2.05) is 39.0 Å². The molecule has 0 unspecified atom stereocenters. The van der Waals surface area contributed by atoms with E-state index < -0.39 is 11.8 Å². The summed E-state index contributed by atoms with van der Waals surface area (Å²) in [7, 11) is 0. The molecule has 4 nitrogen and oxygen atoms in total. The van der Waals surface area contributed by atoms with Gasteiger partial charge in [-0.3, -0.25) is 0 Å². The van der Waals surface area contributed by atoms with E-state index in [1.54, 1.807) is 10.7 Å². The van der Waals surface area contributed by atoms with Gasteiger partial charge in [-0.05, 0) is 56.2 Å². The number of ether oxygens (including phenoxy) is 1. The number of benzene rings is 2. The van der Waals surface area contributed by atoms with Gasteiger partial charge in [0.2, 0.25) is 5.88 Å². The van der Waals surface area contributed by atoms with E-state index in [9.17, 15) is 9.18 Å². The number of nitrogens with zero attached hydrogens (tertiary/aromatic N) is 2. The van der Waals surface area contributed by atoms with Crippen LogP contribution in [0.25, 0.3) is 5.69 Å². The zero-order valence-corrected chi connectivity index (χ0v) is 14.4. The predicted molar refractivity (Wildman–Crippen MR) is 93.8 cm³/mol.